The Balaban J connectivity index is 1.88. The highest BCUT2D eigenvalue weighted by Crippen LogP contribution is 2.14. The minimum atomic E-state index is -0.680. The number of phenols is 1. The molecule has 0 aliphatic carbocycles. The highest BCUT2D eigenvalue weighted by Gasteiger charge is 2.12. The molecule has 0 saturated carbocycles. The van der Waals surface area contributed by atoms with Crippen LogP contribution in [-0.2, 0) is 13.0 Å². The van der Waals surface area contributed by atoms with E-state index in [1.54, 1.807) is 50.2 Å². The van der Waals surface area contributed by atoms with E-state index >= 15 is 0 Å². The number of carbonyl (C=O) groups excluding carboxylic acids is 1. The molecule has 0 unspecified atom stereocenters. The van der Waals surface area contributed by atoms with Crippen LogP contribution in [0.25, 0.3) is 0 Å². The summed E-state index contributed by atoms with van der Waals surface area (Å²) in [6.07, 6.45) is 1.46. The molecule has 0 atom stereocenters. The molecule has 2 aromatic carbocycles. The van der Waals surface area contributed by atoms with Crippen LogP contribution in [0.15, 0.2) is 48.5 Å². The zero-order valence-electron chi connectivity index (χ0n) is 13.5. The molecule has 23 heavy (non-hydrogen) atoms. The molecule has 122 valence electrons. The van der Waals surface area contributed by atoms with Gasteiger partial charge in [0, 0.05) is 12.1 Å². The van der Waals surface area contributed by atoms with E-state index in [0.717, 1.165) is 17.5 Å². The maximum atomic E-state index is 12.1. The van der Waals surface area contributed by atoms with Crippen molar-refractivity contribution in [2.75, 3.05) is 0 Å². The first-order valence-electron chi connectivity index (χ1n) is 7.71. The van der Waals surface area contributed by atoms with Crippen LogP contribution in [0, 0.1) is 0 Å². The summed E-state index contributed by atoms with van der Waals surface area (Å²) in [7, 11) is 0. The van der Waals surface area contributed by atoms with E-state index in [1.165, 1.54) is 0 Å². The van der Waals surface area contributed by atoms with Gasteiger partial charge in [0.2, 0.25) is 0 Å². The number of carbonyl (C=O) groups is 1. The molecule has 4 heteroatoms. The zero-order chi connectivity index (χ0) is 16.9. The number of nitrogens with one attached hydrogen (secondary N) is 1. The monoisotopic (exact) mass is 313 g/mol. The van der Waals surface area contributed by atoms with Gasteiger partial charge in [-0.2, -0.15) is 0 Å². The number of hydrogen-bond donors (Lipinski definition) is 3. The van der Waals surface area contributed by atoms with Gasteiger partial charge in [-0.25, -0.2) is 0 Å². The van der Waals surface area contributed by atoms with Crippen molar-refractivity contribution >= 4 is 5.91 Å². The SMILES string of the molecule is CC(C)(O)CCc1ccc(C(=O)NCc2ccc(O)cc2)cc1. The van der Waals surface area contributed by atoms with Gasteiger partial charge in [0.1, 0.15) is 5.75 Å². The number of amides is 1. The third-order valence-corrected chi connectivity index (χ3v) is 3.63. The summed E-state index contributed by atoms with van der Waals surface area (Å²) in [5.41, 5.74) is 1.95. The Labute approximate surface area is 136 Å². The molecular weight excluding hydrogens is 290 g/mol. The predicted molar refractivity (Wildman–Crippen MR) is 90.3 cm³/mol. The smallest absolute Gasteiger partial charge is 0.251 e. The molecule has 1 amide bonds. The van der Waals surface area contributed by atoms with Crippen molar-refractivity contribution in [3.05, 3.63) is 65.2 Å². The molecule has 2 aromatic rings. The first-order valence-corrected chi connectivity index (χ1v) is 7.71. The Hall–Kier alpha value is -2.33. The fraction of sp³-hybridized carbons (Fsp3) is 0.316. The van der Waals surface area contributed by atoms with Gasteiger partial charge in [0.05, 0.1) is 5.60 Å². The zero-order valence-corrected chi connectivity index (χ0v) is 13.5. The molecule has 0 spiro atoms. The average molecular weight is 313 g/mol. The Bertz CT molecular complexity index is 640. The van der Waals surface area contributed by atoms with Crippen LogP contribution in [0.5, 0.6) is 5.75 Å². The second-order valence-corrected chi connectivity index (χ2v) is 6.36. The normalized spacial score (nSPS) is 11.3. The summed E-state index contributed by atoms with van der Waals surface area (Å²) in [5.74, 6) is 0.0776. The Morgan fingerprint density at radius 3 is 2.13 bits per heavy atom. The van der Waals surface area contributed by atoms with Crippen molar-refractivity contribution in [3.8, 4) is 5.75 Å². The predicted octanol–water partition coefficient (Wildman–Crippen LogP) is 3.03. The van der Waals surface area contributed by atoms with Crippen molar-refractivity contribution in [2.45, 2.75) is 38.8 Å². The van der Waals surface area contributed by atoms with Gasteiger partial charge in [-0.05, 0) is 62.1 Å². The van der Waals surface area contributed by atoms with Gasteiger partial charge in [-0.15, -0.1) is 0 Å². The molecule has 0 heterocycles. The quantitative estimate of drug-likeness (QED) is 0.768. The second kappa shape index (κ2) is 7.29. The lowest BCUT2D eigenvalue weighted by atomic mass is 9.98. The molecule has 0 radical (unpaired) electrons. The summed E-state index contributed by atoms with van der Waals surface area (Å²) in [6.45, 7) is 4.00. The topological polar surface area (TPSA) is 69.6 Å². The summed E-state index contributed by atoms with van der Waals surface area (Å²) in [6, 6.07) is 14.2. The van der Waals surface area contributed by atoms with E-state index in [2.05, 4.69) is 5.32 Å². The van der Waals surface area contributed by atoms with Crippen LogP contribution in [0.4, 0.5) is 0 Å². The van der Waals surface area contributed by atoms with Crippen molar-refractivity contribution in [1.82, 2.24) is 5.32 Å². The van der Waals surface area contributed by atoms with E-state index in [-0.39, 0.29) is 11.7 Å². The highest BCUT2D eigenvalue weighted by atomic mass is 16.3. The minimum absolute atomic E-state index is 0.132. The van der Waals surface area contributed by atoms with Gasteiger partial charge >= 0.3 is 0 Å². The van der Waals surface area contributed by atoms with Gasteiger partial charge in [0.25, 0.3) is 5.91 Å². The molecule has 0 aliphatic rings. The van der Waals surface area contributed by atoms with Crippen molar-refractivity contribution in [3.63, 3.8) is 0 Å². The first-order chi connectivity index (χ1) is 10.8. The van der Waals surface area contributed by atoms with Crippen LogP contribution in [0.2, 0.25) is 0 Å². The minimum Gasteiger partial charge on any atom is -0.508 e. The van der Waals surface area contributed by atoms with Crippen molar-refractivity contribution < 1.29 is 15.0 Å². The lowest BCUT2D eigenvalue weighted by Crippen LogP contribution is -2.22. The van der Waals surface area contributed by atoms with E-state index in [1.807, 2.05) is 12.1 Å². The summed E-state index contributed by atoms with van der Waals surface area (Å²) in [5, 5.41) is 21.8. The standard InChI is InChI=1S/C19H23NO3/c1-19(2,23)12-11-14-3-7-16(8-4-14)18(22)20-13-15-5-9-17(21)10-6-15/h3-10,21,23H,11-13H2,1-2H3,(H,20,22). The van der Waals surface area contributed by atoms with E-state index in [4.69, 9.17) is 0 Å². The summed E-state index contributed by atoms with van der Waals surface area (Å²) < 4.78 is 0. The Kier molecular flexibility index (Phi) is 5.40. The number of aromatic hydroxyl groups is 1. The molecule has 0 saturated heterocycles. The van der Waals surface area contributed by atoms with Crippen molar-refractivity contribution in [2.24, 2.45) is 0 Å². The van der Waals surface area contributed by atoms with Crippen LogP contribution in [-0.4, -0.2) is 21.7 Å². The molecule has 0 bridgehead atoms. The van der Waals surface area contributed by atoms with E-state index < -0.39 is 5.60 Å². The maximum Gasteiger partial charge on any atom is 0.251 e. The number of hydrogen-bond acceptors (Lipinski definition) is 3. The van der Waals surface area contributed by atoms with Gasteiger partial charge in [0.15, 0.2) is 0 Å². The van der Waals surface area contributed by atoms with E-state index in [0.29, 0.717) is 18.5 Å². The lowest BCUT2D eigenvalue weighted by molar-refractivity contribution is 0.0713. The molecule has 0 aromatic heterocycles. The molecular formula is C19H23NO3. The number of aryl methyl sites for hydroxylation is 1. The fourth-order valence-corrected chi connectivity index (χ4v) is 2.17. The average Bonchev–Trinajstić information content (AvgIpc) is 2.52. The van der Waals surface area contributed by atoms with Crippen LogP contribution in [0.1, 0.15) is 41.8 Å². The molecule has 0 fully saturated rings. The third kappa shape index (κ3) is 5.75. The van der Waals surface area contributed by atoms with Crippen molar-refractivity contribution in [1.29, 1.82) is 0 Å². The molecule has 0 aliphatic heterocycles. The van der Waals surface area contributed by atoms with Crippen LogP contribution >= 0.6 is 0 Å². The van der Waals surface area contributed by atoms with Crippen LogP contribution < -0.4 is 5.32 Å². The summed E-state index contributed by atoms with van der Waals surface area (Å²) in [4.78, 5) is 12.1. The maximum absolute atomic E-state index is 12.1. The fourth-order valence-electron chi connectivity index (χ4n) is 2.17. The second-order valence-electron chi connectivity index (χ2n) is 6.36. The van der Waals surface area contributed by atoms with Gasteiger partial charge in [-0.3, -0.25) is 4.79 Å². The Morgan fingerprint density at radius 2 is 1.57 bits per heavy atom. The van der Waals surface area contributed by atoms with Crippen LogP contribution in [0.3, 0.4) is 0 Å². The number of aliphatic hydroxyl groups is 1. The number of benzene rings is 2. The third-order valence-electron chi connectivity index (χ3n) is 3.63. The molecule has 3 N–H and O–H groups in total. The van der Waals surface area contributed by atoms with E-state index in [9.17, 15) is 15.0 Å². The van der Waals surface area contributed by atoms with Gasteiger partial charge in [-0.1, -0.05) is 24.3 Å². The largest absolute Gasteiger partial charge is 0.508 e. The highest BCUT2D eigenvalue weighted by molar-refractivity contribution is 5.94. The van der Waals surface area contributed by atoms with Gasteiger partial charge < -0.3 is 15.5 Å². The Morgan fingerprint density at radius 1 is 1.00 bits per heavy atom. The summed E-state index contributed by atoms with van der Waals surface area (Å²) >= 11 is 0. The first kappa shape index (κ1) is 17.0. The molecule has 2 rings (SSSR count). The lowest BCUT2D eigenvalue weighted by Gasteiger charge is -2.16. The number of rotatable bonds is 6. The number of phenolic OH excluding ortho intramolecular Hbond substituents is 1. The molecule has 4 nitrogen and oxygen atoms in total.